The molecule has 0 aromatic rings. The van der Waals surface area contributed by atoms with E-state index in [1.54, 1.807) is 14.2 Å². The van der Waals surface area contributed by atoms with Crippen molar-refractivity contribution >= 4 is 5.84 Å². The summed E-state index contributed by atoms with van der Waals surface area (Å²) in [6, 6.07) is 0. The van der Waals surface area contributed by atoms with E-state index in [2.05, 4.69) is 10.5 Å². The van der Waals surface area contributed by atoms with Gasteiger partial charge in [-0.3, -0.25) is 0 Å². The van der Waals surface area contributed by atoms with Gasteiger partial charge in [-0.05, 0) is 0 Å². The van der Waals surface area contributed by atoms with Crippen LogP contribution in [0.1, 0.15) is 6.42 Å². The van der Waals surface area contributed by atoms with Gasteiger partial charge in [0, 0.05) is 33.7 Å². The van der Waals surface area contributed by atoms with E-state index in [4.69, 9.17) is 20.4 Å². The van der Waals surface area contributed by atoms with Crippen LogP contribution in [0.3, 0.4) is 0 Å². The van der Waals surface area contributed by atoms with E-state index in [1.807, 2.05) is 0 Å². The Morgan fingerprint density at radius 2 is 2.29 bits per heavy atom. The summed E-state index contributed by atoms with van der Waals surface area (Å²) in [5.41, 5.74) is 5.29. The van der Waals surface area contributed by atoms with Crippen LogP contribution in [-0.2, 0) is 9.47 Å². The van der Waals surface area contributed by atoms with Crippen LogP contribution in [0.15, 0.2) is 5.16 Å². The van der Waals surface area contributed by atoms with Gasteiger partial charge in [0.15, 0.2) is 0 Å². The molecule has 4 N–H and O–H groups in total. The average molecular weight is 205 g/mol. The number of amidine groups is 1. The molecule has 14 heavy (non-hydrogen) atoms. The first-order chi connectivity index (χ1) is 6.74. The van der Waals surface area contributed by atoms with Crippen LogP contribution in [-0.4, -0.2) is 51.1 Å². The first kappa shape index (κ1) is 13.2. The molecule has 0 aromatic carbocycles. The molecule has 0 aliphatic heterocycles. The Labute approximate surface area is 84.1 Å². The fourth-order valence-electron chi connectivity index (χ4n) is 0.926. The summed E-state index contributed by atoms with van der Waals surface area (Å²) in [4.78, 5) is 0. The fourth-order valence-corrected chi connectivity index (χ4v) is 0.926. The van der Waals surface area contributed by atoms with Crippen molar-refractivity contribution in [3.05, 3.63) is 0 Å². The normalized spacial score (nSPS) is 14.3. The summed E-state index contributed by atoms with van der Waals surface area (Å²) >= 11 is 0. The lowest BCUT2D eigenvalue weighted by atomic mass is 10.3. The Balaban J connectivity index is 3.41. The number of nitrogens with two attached hydrogens (primary N) is 1. The molecule has 1 atom stereocenters. The summed E-state index contributed by atoms with van der Waals surface area (Å²) in [5.74, 6) is 0.221. The molecule has 0 aromatic heterocycles. The van der Waals surface area contributed by atoms with Crippen LogP contribution in [0, 0.1) is 0 Å². The molecule has 0 saturated heterocycles. The van der Waals surface area contributed by atoms with Gasteiger partial charge in [-0.1, -0.05) is 5.16 Å². The zero-order valence-electron chi connectivity index (χ0n) is 8.69. The van der Waals surface area contributed by atoms with Gasteiger partial charge in [-0.15, -0.1) is 0 Å². The van der Waals surface area contributed by atoms with Crippen molar-refractivity contribution in [1.29, 1.82) is 0 Å². The monoisotopic (exact) mass is 205 g/mol. The maximum atomic E-state index is 8.26. The largest absolute Gasteiger partial charge is 0.409 e. The number of hydrogen-bond acceptors (Lipinski definition) is 5. The highest BCUT2D eigenvalue weighted by Crippen LogP contribution is 1.88. The molecule has 0 saturated carbocycles. The number of ether oxygens (including phenoxy) is 2. The third kappa shape index (κ3) is 6.64. The molecule has 84 valence electrons. The Bertz CT molecular complexity index is 164. The molecule has 0 spiro atoms. The second-order valence-corrected chi connectivity index (χ2v) is 2.86. The molecule has 0 rings (SSSR count). The maximum Gasteiger partial charge on any atom is 0.140 e. The number of oxime groups is 1. The van der Waals surface area contributed by atoms with E-state index < -0.39 is 0 Å². The highest BCUT2D eigenvalue weighted by molar-refractivity contribution is 5.79. The van der Waals surface area contributed by atoms with Gasteiger partial charge in [-0.2, -0.15) is 0 Å². The van der Waals surface area contributed by atoms with Gasteiger partial charge in [0.2, 0.25) is 0 Å². The quantitative estimate of drug-likeness (QED) is 0.161. The minimum atomic E-state index is 0.0345. The summed E-state index contributed by atoms with van der Waals surface area (Å²) in [6.07, 6.45) is 0.548. The van der Waals surface area contributed by atoms with Crippen molar-refractivity contribution in [2.45, 2.75) is 12.5 Å². The minimum Gasteiger partial charge on any atom is -0.409 e. The lowest BCUT2D eigenvalue weighted by molar-refractivity contribution is 0.0292. The van der Waals surface area contributed by atoms with Gasteiger partial charge in [0.25, 0.3) is 0 Å². The Kier molecular flexibility index (Phi) is 8.20. The van der Waals surface area contributed by atoms with E-state index in [0.29, 0.717) is 26.1 Å². The lowest BCUT2D eigenvalue weighted by Gasteiger charge is -2.14. The van der Waals surface area contributed by atoms with Crippen molar-refractivity contribution < 1.29 is 14.7 Å². The van der Waals surface area contributed by atoms with E-state index in [9.17, 15) is 0 Å². The van der Waals surface area contributed by atoms with E-state index in [0.717, 1.165) is 0 Å². The van der Waals surface area contributed by atoms with Crippen LogP contribution in [0.25, 0.3) is 0 Å². The fraction of sp³-hybridized carbons (Fsp3) is 0.875. The highest BCUT2D eigenvalue weighted by atomic mass is 16.5. The average Bonchev–Trinajstić information content (AvgIpc) is 2.22. The third-order valence-corrected chi connectivity index (χ3v) is 1.74. The molecule has 1 unspecified atom stereocenters. The van der Waals surface area contributed by atoms with Crippen LogP contribution in [0.5, 0.6) is 0 Å². The van der Waals surface area contributed by atoms with Gasteiger partial charge in [0.1, 0.15) is 5.84 Å². The van der Waals surface area contributed by atoms with E-state index >= 15 is 0 Å². The lowest BCUT2D eigenvalue weighted by Crippen LogP contribution is -2.33. The molecular formula is C8H19N3O3. The zero-order valence-corrected chi connectivity index (χ0v) is 8.69. The predicted molar refractivity (Wildman–Crippen MR) is 53.6 cm³/mol. The Morgan fingerprint density at radius 3 is 2.79 bits per heavy atom. The van der Waals surface area contributed by atoms with Crippen LogP contribution in [0.4, 0.5) is 0 Å². The topological polar surface area (TPSA) is 89.1 Å². The van der Waals surface area contributed by atoms with Gasteiger partial charge >= 0.3 is 0 Å². The molecule has 6 nitrogen and oxygen atoms in total. The zero-order chi connectivity index (χ0) is 10.8. The number of nitrogens with one attached hydrogen (secondary N) is 1. The summed E-state index contributed by atoms with van der Waals surface area (Å²) < 4.78 is 10.1. The Hall–Kier alpha value is -0.850. The second-order valence-electron chi connectivity index (χ2n) is 2.86. The standard InChI is InChI=1S/C8H19N3O3/c1-13-6-7(14-2)5-10-4-3-8(9)11-12/h7,10,12H,3-6H2,1-2H3,(H2,9,11). The molecule has 0 radical (unpaired) electrons. The number of hydrogen-bond donors (Lipinski definition) is 3. The molecule has 0 aliphatic rings. The highest BCUT2D eigenvalue weighted by Gasteiger charge is 2.05. The second kappa shape index (κ2) is 8.74. The predicted octanol–water partition coefficient (Wildman–Crippen LogP) is -0.626. The van der Waals surface area contributed by atoms with Crippen molar-refractivity contribution in [2.24, 2.45) is 10.9 Å². The summed E-state index contributed by atoms with van der Waals surface area (Å²) in [5, 5.41) is 14.2. The smallest absolute Gasteiger partial charge is 0.140 e. The Morgan fingerprint density at radius 1 is 1.57 bits per heavy atom. The molecule has 6 heteroatoms. The minimum absolute atomic E-state index is 0.0345. The number of nitrogens with zero attached hydrogens (tertiary/aromatic N) is 1. The van der Waals surface area contributed by atoms with E-state index in [1.165, 1.54) is 0 Å². The van der Waals surface area contributed by atoms with Crippen molar-refractivity contribution in [2.75, 3.05) is 33.9 Å². The van der Waals surface area contributed by atoms with Crippen LogP contribution < -0.4 is 11.1 Å². The van der Waals surface area contributed by atoms with E-state index in [-0.39, 0.29) is 11.9 Å². The molecule has 0 heterocycles. The molecule has 0 fully saturated rings. The third-order valence-electron chi connectivity index (χ3n) is 1.74. The van der Waals surface area contributed by atoms with Crippen molar-refractivity contribution in [3.63, 3.8) is 0 Å². The number of methoxy groups -OCH3 is 2. The number of rotatable bonds is 8. The van der Waals surface area contributed by atoms with Gasteiger partial charge < -0.3 is 25.7 Å². The van der Waals surface area contributed by atoms with Crippen molar-refractivity contribution in [1.82, 2.24) is 5.32 Å². The molecular weight excluding hydrogens is 186 g/mol. The first-order valence-electron chi connectivity index (χ1n) is 4.43. The van der Waals surface area contributed by atoms with Crippen LogP contribution >= 0.6 is 0 Å². The first-order valence-corrected chi connectivity index (χ1v) is 4.43. The summed E-state index contributed by atoms with van der Waals surface area (Å²) in [7, 11) is 3.26. The van der Waals surface area contributed by atoms with Gasteiger partial charge in [-0.25, -0.2) is 0 Å². The van der Waals surface area contributed by atoms with Gasteiger partial charge in [0.05, 0.1) is 12.7 Å². The molecule has 0 bridgehead atoms. The maximum absolute atomic E-state index is 8.26. The summed E-state index contributed by atoms with van der Waals surface area (Å²) in [6.45, 7) is 1.88. The SMILES string of the molecule is COCC(CNCCC(N)=NO)OC. The van der Waals surface area contributed by atoms with Crippen molar-refractivity contribution in [3.8, 4) is 0 Å². The molecule has 0 aliphatic carbocycles. The van der Waals surface area contributed by atoms with Crippen LogP contribution in [0.2, 0.25) is 0 Å². The molecule has 0 amide bonds.